The number of hydrogen-bond acceptors (Lipinski definition) is 4. The average Bonchev–Trinajstić information content (AvgIpc) is 3.00. The van der Waals surface area contributed by atoms with Crippen molar-refractivity contribution < 1.29 is 31.9 Å². The van der Waals surface area contributed by atoms with E-state index < -0.39 is 12.2 Å². The summed E-state index contributed by atoms with van der Waals surface area (Å²) >= 11 is 5.89. The molecular formula is C33H34ClF4N3O3. The first kappa shape index (κ1) is 31.8. The third-order valence-electron chi connectivity index (χ3n) is 8.52. The topological polar surface area (TPSA) is 61.9 Å². The van der Waals surface area contributed by atoms with E-state index in [2.05, 4.69) is 10.1 Å². The smallest absolute Gasteiger partial charge is 0.405 e. The molecule has 1 N–H and O–H groups in total. The first-order chi connectivity index (χ1) is 21.0. The molecule has 3 aromatic carbocycles. The second-order valence-corrected chi connectivity index (χ2v) is 11.8. The van der Waals surface area contributed by atoms with Gasteiger partial charge in [-0.3, -0.25) is 9.59 Å². The van der Waals surface area contributed by atoms with Gasteiger partial charge in [-0.25, -0.2) is 4.39 Å². The summed E-state index contributed by atoms with van der Waals surface area (Å²) in [5.74, 6) is -1.14. The van der Waals surface area contributed by atoms with Gasteiger partial charge in [0.25, 0.3) is 0 Å². The van der Waals surface area contributed by atoms with Crippen LogP contribution >= 0.6 is 11.6 Å². The van der Waals surface area contributed by atoms with Crippen LogP contribution in [0.15, 0.2) is 66.7 Å². The molecule has 5 rings (SSSR count). The summed E-state index contributed by atoms with van der Waals surface area (Å²) in [5.41, 5.74) is 1.83. The normalized spacial score (nSPS) is 19.6. The Morgan fingerprint density at radius 2 is 1.66 bits per heavy atom. The van der Waals surface area contributed by atoms with E-state index in [1.165, 1.54) is 37.3 Å². The van der Waals surface area contributed by atoms with Crippen molar-refractivity contribution in [2.24, 2.45) is 5.92 Å². The number of carbonyl (C=O) groups is 2. The third-order valence-corrected chi connectivity index (χ3v) is 8.76. The molecule has 0 unspecified atom stereocenters. The van der Waals surface area contributed by atoms with Gasteiger partial charge in [0.15, 0.2) is 0 Å². The van der Waals surface area contributed by atoms with Gasteiger partial charge in [-0.05, 0) is 60.7 Å². The highest BCUT2D eigenvalue weighted by atomic mass is 35.5. The zero-order valence-corrected chi connectivity index (χ0v) is 25.0. The van der Waals surface area contributed by atoms with Crippen molar-refractivity contribution in [3.63, 3.8) is 0 Å². The Morgan fingerprint density at radius 1 is 0.955 bits per heavy atom. The van der Waals surface area contributed by atoms with Crippen LogP contribution in [0.2, 0.25) is 5.02 Å². The molecule has 0 saturated carbocycles. The molecule has 234 valence electrons. The van der Waals surface area contributed by atoms with E-state index in [0.717, 1.165) is 11.6 Å². The van der Waals surface area contributed by atoms with E-state index in [1.807, 2.05) is 35.2 Å². The van der Waals surface area contributed by atoms with Crippen molar-refractivity contribution >= 4 is 23.4 Å². The van der Waals surface area contributed by atoms with Gasteiger partial charge in [0.2, 0.25) is 11.8 Å². The molecule has 2 fully saturated rings. The Bertz CT molecular complexity index is 1480. The molecular weight excluding hydrogens is 598 g/mol. The van der Waals surface area contributed by atoms with Crippen LogP contribution in [0.4, 0.5) is 17.6 Å². The van der Waals surface area contributed by atoms with Crippen molar-refractivity contribution in [3.8, 4) is 16.9 Å². The van der Waals surface area contributed by atoms with Gasteiger partial charge < -0.3 is 19.9 Å². The quantitative estimate of drug-likeness (QED) is 0.292. The fourth-order valence-electron chi connectivity index (χ4n) is 6.21. The van der Waals surface area contributed by atoms with Crippen LogP contribution in [0, 0.1) is 11.7 Å². The second-order valence-electron chi connectivity index (χ2n) is 11.4. The maximum Gasteiger partial charge on any atom is 0.573 e. The van der Waals surface area contributed by atoms with Crippen molar-refractivity contribution in [2.75, 3.05) is 26.2 Å². The van der Waals surface area contributed by atoms with E-state index in [-0.39, 0.29) is 58.1 Å². The molecule has 2 aliphatic heterocycles. The van der Waals surface area contributed by atoms with Crippen LogP contribution in [0.5, 0.6) is 5.75 Å². The number of nitrogens with one attached hydrogen (secondary N) is 1. The lowest BCUT2D eigenvalue weighted by Crippen LogP contribution is -2.52. The van der Waals surface area contributed by atoms with Crippen LogP contribution in [0.1, 0.15) is 43.2 Å². The van der Waals surface area contributed by atoms with Crippen LogP contribution in [-0.4, -0.2) is 60.2 Å². The Labute approximate surface area is 258 Å². The monoisotopic (exact) mass is 631 g/mol. The van der Waals surface area contributed by atoms with Gasteiger partial charge in [-0.2, -0.15) is 0 Å². The van der Waals surface area contributed by atoms with Gasteiger partial charge in [0, 0.05) is 73.7 Å². The fourth-order valence-corrected chi connectivity index (χ4v) is 6.37. The summed E-state index contributed by atoms with van der Waals surface area (Å²) in [6.45, 7) is 3.64. The van der Waals surface area contributed by atoms with Gasteiger partial charge in [0.1, 0.15) is 11.6 Å². The minimum absolute atomic E-state index is 0.0135. The number of halogens is 5. The van der Waals surface area contributed by atoms with Crippen molar-refractivity contribution in [1.29, 1.82) is 0 Å². The van der Waals surface area contributed by atoms with Crippen LogP contribution in [0.3, 0.4) is 0 Å². The number of alkyl halides is 3. The summed E-state index contributed by atoms with van der Waals surface area (Å²) in [7, 11) is 0. The summed E-state index contributed by atoms with van der Waals surface area (Å²) in [6.07, 6.45) is -3.07. The zero-order chi connectivity index (χ0) is 31.4. The van der Waals surface area contributed by atoms with Crippen LogP contribution < -0.4 is 10.1 Å². The number of ether oxygens (including phenoxy) is 1. The molecule has 6 nitrogen and oxygen atoms in total. The number of benzene rings is 3. The molecule has 0 spiro atoms. The minimum atomic E-state index is -4.90. The largest absolute Gasteiger partial charge is 0.573 e. The lowest BCUT2D eigenvalue weighted by Gasteiger charge is -2.42. The molecule has 11 heteroatoms. The van der Waals surface area contributed by atoms with E-state index in [9.17, 15) is 27.2 Å². The number of likely N-dealkylation sites (tertiary alicyclic amines) is 2. The van der Waals surface area contributed by atoms with Crippen molar-refractivity contribution in [1.82, 2.24) is 15.1 Å². The first-order valence-electron chi connectivity index (χ1n) is 14.6. The van der Waals surface area contributed by atoms with Crippen molar-refractivity contribution in [3.05, 3.63) is 88.7 Å². The van der Waals surface area contributed by atoms with E-state index in [0.29, 0.717) is 51.0 Å². The van der Waals surface area contributed by atoms with E-state index in [1.54, 1.807) is 4.90 Å². The number of amides is 2. The summed E-state index contributed by atoms with van der Waals surface area (Å²) in [6, 6.07) is 17.8. The molecule has 2 amide bonds. The minimum Gasteiger partial charge on any atom is -0.405 e. The second kappa shape index (κ2) is 13.6. The van der Waals surface area contributed by atoms with Gasteiger partial charge >= 0.3 is 6.36 Å². The number of hydrogen-bond donors (Lipinski definition) is 1. The Balaban J connectivity index is 1.35. The Hall–Kier alpha value is -3.63. The standard InChI is InChI=1S/C33H34ClF4N3O3/c1-21(42)40-14-11-23(12-15-40)32(43)41-16-13-30(28(20-41)22-5-3-2-4-6-22)39-19-25-17-24(7-10-31(25)44-33(36,37)38)27-9-8-26(34)18-29(27)35/h2-10,17-18,23,28,30,39H,11-16,19-20H2,1H3/t28-,30-/m0/s1. The van der Waals surface area contributed by atoms with Gasteiger partial charge in [-0.1, -0.05) is 48.0 Å². The highest BCUT2D eigenvalue weighted by Crippen LogP contribution is 2.34. The molecule has 2 heterocycles. The van der Waals surface area contributed by atoms with Crippen molar-refractivity contribution in [2.45, 2.75) is 51.1 Å². The number of piperidine rings is 2. The summed E-state index contributed by atoms with van der Waals surface area (Å²) in [4.78, 5) is 28.9. The first-order valence-corrected chi connectivity index (χ1v) is 15.0. The predicted molar refractivity (Wildman–Crippen MR) is 160 cm³/mol. The number of carbonyl (C=O) groups excluding carboxylic acids is 2. The summed E-state index contributed by atoms with van der Waals surface area (Å²) < 4.78 is 58.9. The lowest BCUT2D eigenvalue weighted by atomic mass is 9.84. The highest BCUT2D eigenvalue weighted by Gasteiger charge is 2.37. The third kappa shape index (κ3) is 7.71. The molecule has 44 heavy (non-hydrogen) atoms. The number of rotatable bonds is 7. The molecule has 3 aromatic rings. The maximum atomic E-state index is 14.7. The lowest BCUT2D eigenvalue weighted by molar-refractivity contribution is -0.274. The molecule has 2 atom stereocenters. The molecule has 2 aliphatic rings. The molecule has 0 radical (unpaired) electrons. The average molecular weight is 632 g/mol. The van der Waals surface area contributed by atoms with E-state index in [4.69, 9.17) is 11.6 Å². The zero-order valence-electron chi connectivity index (χ0n) is 24.2. The maximum absolute atomic E-state index is 14.7. The molecule has 0 aromatic heterocycles. The van der Waals surface area contributed by atoms with Gasteiger partial charge in [-0.15, -0.1) is 13.2 Å². The van der Waals surface area contributed by atoms with Crippen LogP contribution in [0.25, 0.3) is 11.1 Å². The Kier molecular flexibility index (Phi) is 9.80. The predicted octanol–water partition coefficient (Wildman–Crippen LogP) is 6.78. The SMILES string of the molecule is CC(=O)N1CCC(C(=O)N2CC[C@H](NCc3cc(-c4ccc(Cl)cc4F)ccc3OC(F)(F)F)[C@H](c3ccccc3)C2)CC1. The molecule has 0 aliphatic carbocycles. The Morgan fingerprint density at radius 3 is 2.32 bits per heavy atom. The number of nitrogens with zero attached hydrogens (tertiary/aromatic N) is 2. The van der Waals surface area contributed by atoms with Crippen LogP contribution in [-0.2, 0) is 16.1 Å². The fraction of sp³-hybridized carbons (Fsp3) is 0.394. The van der Waals surface area contributed by atoms with Gasteiger partial charge in [0.05, 0.1) is 0 Å². The summed E-state index contributed by atoms with van der Waals surface area (Å²) in [5, 5.41) is 3.64. The van der Waals surface area contributed by atoms with E-state index >= 15 is 0 Å². The molecule has 0 bridgehead atoms. The molecule has 2 saturated heterocycles. The highest BCUT2D eigenvalue weighted by molar-refractivity contribution is 6.30.